The highest BCUT2D eigenvalue weighted by Gasteiger charge is 2.40. The van der Waals surface area contributed by atoms with E-state index in [1.54, 1.807) is 0 Å². The zero-order valence-electron chi connectivity index (χ0n) is 15.7. The van der Waals surface area contributed by atoms with Gasteiger partial charge in [0.15, 0.2) is 23.1 Å². The van der Waals surface area contributed by atoms with Crippen LogP contribution in [0.1, 0.15) is 24.3 Å². The number of ether oxygens (including phenoxy) is 1. The molecule has 0 radical (unpaired) electrons. The van der Waals surface area contributed by atoms with Gasteiger partial charge in [-0.1, -0.05) is 0 Å². The lowest BCUT2D eigenvalue weighted by molar-refractivity contribution is 0.100. The minimum absolute atomic E-state index is 0. The van der Waals surface area contributed by atoms with E-state index in [-0.39, 0.29) is 42.1 Å². The third kappa shape index (κ3) is 4.54. The molecule has 1 aromatic heterocycles. The van der Waals surface area contributed by atoms with E-state index in [0.717, 1.165) is 24.4 Å². The summed E-state index contributed by atoms with van der Waals surface area (Å²) in [6.45, 7) is 2.07. The van der Waals surface area contributed by atoms with E-state index in [0.29, 0.717) is 0 Å². The summed E-state index contributed by atoms with van der Waals surface area (Å²) in [7, 11) is -2.74. The summed E-state index contributed by atoms with van der Waals surface area (Å²) in [6.07, 6.45) is 1.16. The first-order chi connectivity index (χ1) is 12.9. The summed E-state index contributed by atoms with van der Waals surface area (Å²) in [4.78, 5) is 12.3. The average molecular weight is 451 g/mol. The number of sulfonamides is 1. The maximum absolute atomic E-state index is 14.3. The maximum atomic E-state index is 14.3. The molecule has 0 saturated heterocycles. The third-order valence-electron chi connectivity index (χ3n) is 4.30. The minimum atomic E-state index is -4.16. The molecule has 160 valence electrons. The standard InChI is InChI=1S/C17H18F3N3O4S.H2S/c1-17(2,20)13-8-27-15-12(28(25,26)22-13)7-23(3)14(15)16(24)21-9-4-5-10(18)11(19)6-9;/h4-7,13,22H,8H2,1-3H3,(H,21,24);1H2/t13-;/m0./s1. The van der Waals surface area contributed by atoms with Gasteiger partial charge in [-0.2, -0.15) is 13.5 Å². The van der Waals surface area contributed by atoms with Crippen molar-refractivity contribution in [3.8, 4) is 5.75 Å². The number of nitrogens with one attached hydrogen (secondary N) is 2. The number of aryl methyl sites for hydroxylation is 1. The molecule has 0 saturated carbocycles. The summed E-state index contributed by atoms with van der Waals surface area (Å²) in [5.41, 5.74) is -2.11. The van der Waals surface area contributed by atoms with Gasteiger partial charge in [0.25, 0.3) is 5.91 Å². The average Bonchev–Trinajstić information content (AvgIpc) is 2.84. The van der Waals surface area contributed by atoms with E-state index in [2.05, 4.69) is 10.0 Å². The predicted molar refractivity (Wildman–Crippen MR) is 105 cm³/mol. The normalized spacial score (nSPS) is 18.1. The van der Waals surface area contributed by atoms with Gasteiger partial charge in [0.1, 0.15) is 17.2 Å². The van der Waals surface area contributed by atoms with Crippen LogP contribution in [-0.4, -0.2) is 37.2 Å². The second kappa shape index (κ2) is 7.92. The number of carbonyl (C=O) groups excluding carboxylic acids is 1. The fourth-order valence-electron chi connectivity index (χ4n) is 2.72. The van der Waals surface area contributed by atoms with E-state index < -0.39 is 39.3 Å². The van der Waals surface area contributed by atoms with Crippen LogP contribution < -0.4 is 14.8 Å². The Bertz CT molecular complexity index is 1050. The molecule has 0 spiro atoms. The van der Waals surface area contributed by atoms with Crippen molar-refractivity contribution >= 4 is 35.1 Å². The highest BCUT2D eigenvalue weighted by Crippen LogP contribution is 2.34. The Morgan fingerprint density at radius 1 is 1.31 bits per heavy atom. The smallest absolute Gasteiger partial charge is 0.276 e. The van der Waals surface area contributed by atoms with E-state index in [9.17, 15) is 26.4 Å². The summed E-state index contributed by atoms with van der Waals surface area (Å²) in [6, 6.07) is 1.61. The lowest BCUT2D eigenvalue weighted by Crippen LogP contribution is -2.48. The first kappa shape index (κ1) is 23.1. The number of anilines is 1. The Hall–Kier alpha value is -2.18. The van der Waals surface area contributed by atoms with Gasteiger partial charge in [0.2, 0.25) is 10.0 Å². The molecule has 0 unspecified atom stereocenters. The van der Waals surface area contributed by atoms with Crippen LogP contribution in [0.25, 0.3) is 0 Å². The van der Waals surface area contributed by atoms with Crippen LogP contribution >= 0.6 is 13.5 Å². The zero-order valence-corrected chi connectivity index (χ0v) is 17.5. The largest absolute Gasteiger partial charge is 0.488 e. The fraction of sp³-hybridized carbons (Fsp3) is 0.353. The molecule has 0 fully saturated rings. The van der Waals surface area contributed by atoms with Gasteiger partial charge < -0.3 is 14.6 Å². The van der Waals surface area contributed by atoms with Crippen molar-refractivity contribution in [1.82, 2.24) is 9.29 Å². The van der Waals surface area contributed by atoms with Crippen molar-refractivity contribution in [2.45, 2.75) is 30.5 Å². The van der Waals surface area contributed by atoms with Crippen molar-refractivity contribution in [2.24, 2.45) is 7.05 Å². The number of alkyl halides is 1. The van der Waals surface area contributed by atoms with Gasteiger partial charge in [0.05, 0.1) is 6.04 Å². The number of hydrogen-bond acceptors (Lipinski definition) is 4. The van der Waals surface area contributed by atoms with Crippen molar-refractivity contribution in [2.75, 3.05) is 11.9 Å². The lowest BCUT2D eigenvalue weighted by Gasteiger charge is -2.25. The van der Waals surface area contributed by atoms with Crippen molar-refractivity contribution in [1.29, 1.82) is 0 Å². The van der Waals surface area contributed by atoms with Crippen molar-refractivity contribution in [3.05, 3.63) is 41.7 Å². The Kier molecular flexibility index (Phi) is 6.31. The van der Waals surface area contributed by atoms with Gasteiger partial charge in [-0.05, 0) is 26.0 Å². The van der Waals surface area contributed by atoms with Crippen LogP contribution in [0.5, 0.6) is 5.75 Å². The number of benzene rings is 1. The molecule has 2 N–H and O–H groups in total. The summed E-state index contributed by atoms with van der Waals surface area (Å²) in [5, 5.41) is 2.36. The van der Waals surface area contributed by atoms with Crippen LogP contribution in [0.15, 0.2) is 29.3 Å². The maximum Gasteiger partial charge on any atom is 0.276 e. The molecule has 0 aliphatic carbocycles. The molecule has 1 aromatic carbocycles. The number of carbonyl (C=O) groups is 1. The molecule has 3 rings (SSSR count). The van der Waals surface area contributed by atoms with Gasteiger partial charge in [-0.25, -0.2) is 26.3 Å². The quantitative estimate of drug-likeness (QED) is 0.750. The Morgan fingerprint density at radius 3 is 2.55 bits per heavy atom. The Labute approximate surface area is 172 Å². The number of aromatic nitrogens is 1. The van der Waals surface area contributed by atoms with Crippen LogP contribution in [0.4, 0.5) is 18.9 Å². The van der Waals surface area contributed by atoms with E-state index >= 15 is 0 Å². The molecule has 0 bridgehead atoms. The monoisotopic (exact) mass is 451 g/mol. The predicted octanol–water partition coefficient (Wildman–Crippen LogP) is 2.46. The van der Waals surface area contributed by atoms with E-state index in [4.69, 9.17) is 4.74 Å². The van der Waals surface area contributed by atoms with Gasteiger partial charge in [-0.3, -0.25) is 4.79 Å². The van der Waals surface area contributed by atoms with Gasteiger partial charge >= 0.3 is 0 Å². The molecule has 1 aliphatic heterocycles. The van der Waals surface area contributed by atoms with E-state index in [1.807, 2.05) is 0 Å². The molecule has 1 aliphatic rings. The van der Waals surface area contributed by atoms with E-state index in [1.165, 1.54) is 25.5 Å². The number of halogens is 3. The lowest BCUT2D eigenvalue weighted by atomic mass is 10.0. The minimum Gasteiger partial charge on any atom is -0.488 e. The van der Waals surface area contributed by atoms with Crippen LogP contribution in [0, 0.1) is 11.6 Å². The van der Waals surface area contributed by atoms with Crippen molar-refractivity contribution in [3.63, 3.8) is 0 Å². The molecule has 29 heavy (non-hydrogen) atoms. The highest BCUT2D eigenvalue weighted by atomic mass is 32.2. The first-order valence-corrected chi connectivity index (χ1v) is 9.68. The Balaban J connectivity index is 0.00000300. The molecule has 7 nitrogen and oxygen atoms in total. The molecule has 12 heteroatoms. The zero-order chi connectivity index (χ0) is 20.9. The number of hydrogen-bond donors (Lipinski definition) is 2. The molecule has 1 amide bonds. The van der Waals surface area contributed by atoms with Crippen LogP contribution in [-0.2, 0) is 17.1 Å². The fourth-order valence-corrected chi connectivity index (χ4v) is 4.27. The molecular weight excluding hydrogens is 431 g/mol. The molecule has 2 heterocycles. The second-order valence-electron chi connectivity index (χ2n) is 6.91. The summed E-state index contributed by atoms with van der Waals surface area (Å²) < 4.78 is 74.8. The number of rotatable bonds is 3. The van der Waals surface area contributed by atoms with Gasteiger partial charge in [0, 0.05) is 25.0 Å². The number of amides is 1. The van der Waals surface area contributed by atoms with Gasteiger partial charge in [-0.15, -0.1) is 0 Å². The second-order valence-corrected chi connectivity index (χ2v) is 8.60. The highest BCUT2D eigenvalue weighted by molar-refractivity contribution is 7.89. The first-order valence-electron chi connectivity index (χ1n) is 8.20. The number of nitrogens with zero attached hydrogens (tertiary/aromatic N) is 1. The third-order valence-corrected chi connectivity index (χ3v) is 5.77. The number of fused-ring (bicyclic) bond motifs is 1. The summed E-state index contributed by atoms with van der Waals surface area (Å²) >= 11 is 0. The topological polar surface area (TPSA) is 89.4 Å². The SMILES string of the molecule is Cn1cc2c(c1C(=O)Nc1ccc(F)c(F)c1)OC[C@@H](C(C)(C)F)NS2(=O)=O.S. The summed E-state index contributed by atoms with van der Waals surface area (Å²) in [5.74, 6) is -3.28. The Morgan fingerprint density at radius 2 is 1.97 bits per heavy atom. The van der Waals surface area contributed by atoms with Crippen LogP contribution in [0.3, 0.4) is 0 Å². The molecule has 2 aromatic rings. The molecule has 1 atom stereocenters. The molecular formula is C17H20F3N3O4S2. The van der Waals surface area contributed by atoms with Crippen molar-refractivity contribution < 1.29 is 31.1 Å². The van der Waals surface area contributed by atoms with Crippen LogP contribution in [0.2, 0.25) is 0 Å².